The minimum Gasteiger partial charge on any atom is -0.370 e. The Morgan fingerprint density at radius 2 is 2.00 bits per heavy atom. The zero-order valence-electron chi connectivity index (χ0n) is 9.12. The van der Waals surface area contributed by atoms with Crippen molar-refractivity contribution in [3.05, 3.63) is 36.5 Å². The minimum absolute atomic E-state index is 0.727. The van der Waals surface area contributed by atoms with Crippen LogP contribution >= 0.6 is 11.6 Å². The lowest BCUT2D eigenvalue weighted by atomic mass is 10.1. The van der Waals surface area contributed by atoms with Gasteiger partial charge in [0.15, 0.2) is 0 Å². The average molecular weight is 235 g/mol. The number of nitrogens with one attached hydrogen (secondary N) is 1. The van der Waals surface area contributed by atoms with Crippen molar-refractivity contribution in [2.75, 3.05) is 17.7 Å². The third-order valence-electron chi connectivity index (χ3n) is 2.53. The molecule has 0 aliphatic carbocycles. The molecule has 0 amide bonds. The molecule has 0 spiro atoms. The van der Waals surface area contributed by atoms with Crippen LogP contribution in [-0.4, -0.2) is 17.4 Å². The Labute approximate surface area is 101 Å². The second-order valence-corrected chi connectivity index (χ2v) is 4.08. The minimum atomic E-state index is 0.727. The first-order valence-corrected chi connectivity index (χ1v) is 6.09. The van der Waals surface area contributed by atoms with Gasteiger partial charge in [-0.25, -0.2) is 4.98 Å². The van der Waals surface area contributed by atoms with E-state index < -0.39 is 0 Å². The van der Waals surface area contributed by atoms with Crippen molar-refractivity contribution in [2.24, 2.45) is 0 Å². The highest BCUT2D eigenvalue weighted by molar-refractivity contribution is 6.17. The molecule has 0 aliphatic rings. The molecule has 1 N–H and O–H groups in total. The summed E-state index contributed by atoms with van der Waals surface area (Å²) in [6, 6.07) is 10.3. The number of anilines is 1. The fourth-order valence-electron chi connectivity index (χ4n) is 1.69. The highest BCUT2D eigenvalue weighted by Gasteiger charge is 1.99. The lowest BCUT2D eigenvalue weighted by Crippen LogP contribution is -2.03. The van der Waals surface area contributed by atoms with E-state index in [-0.39, 0.29) is 0 Å². The van der Waals surface area contributed by atoms with Gasteiger partial charge in [0.2, 0.25) is 0 Å². The fraction of sp³-hybridized carbons (Fsp3) is 0.308. The summed E-state index contributed by atoms with van der Waals surface area (Å²) < 4.78 is 0. The van der Waals surface area contributed by atoms with Gasteiger partial charge in [-0.05, 0) is 24.3 Å². The van der Waals surface area contributed by atoms with E-state index in [0.29, 0.717) is 0 Å². The first-order chi connectivity index (χ1) is 7.92. The number of alkyl halides is 1. The second kappa shape index (κ2) is 5.71. The van der Waals surface area contributed by atoms with E-state index in [2.05, 4.69) is 22.4 Å². The Morgan fingerprint density at radius 3 is 2.88 bits per heavy atom. The summed E-state index contributed by atoms with van der Waals surface area (Å²) in [7, 11) is 0. The van der Waals surface area contributed by atoms with Gasteiger partial charge in [-0.1, -0.05) is 24.3 Å². The smallest absolute Gasteiger partial charge is 0.133 e. The van der Waals surface area contributed by atoms with Crippen LogP contribution < -0.4 is 5.32 Å². The van der Waals surface area contributed by atoms with Crippen LogP contribution in [0.25, 0.3) is 10.8 Å². The number of unbranched alkanes of at least 4 members (excludes halogenated alkanes) is 1. The van der Waals surface area contributed by atoms with Crippen molar-refractivity contribution < 1.29 is 0 Å². The number of fused-ring (bicyclic) bond motifs is 1. The summed E-state index contributed by atoms with van der Waals surface area (Å²) in [5.41, 5.74) is 0. The van der Waals surface area contributed by atoms with Gasteiger partial charge >= 0.3 is 0 Å². The summed E-state index contributed by atoms with van der Waals surface area (Å²) in [6.07, 6.45) is 3.96. The SMILES string of the molecule is ClCCCCNc1nccc2ccccc12. The Kier molecular flexibility index (Phi) is 4.00. The molecule has 0 atom stereocenters. The van der Waals surface area contributed by atoms with Crippen LogP contribution in [0.5, 0.6) is 0 Å². The number of nitrogens with zero attached hydrogens (tertiary/aromatic N) is 1. The van der Waals surface area contributed by atoms with Gasteiger partial charge in [0.1, 0.15) is 5.82 Å². The Morgan fingerprint density at radius 1 is 1.12 bits per heavy atom. The molecule has 2 aromatic rings. The summed E-state index contributed by atoms with van der Waals surface area (Å²) in [5.74, 6) is 1.69. The topological polar surface area (TPSA) is 24.9 Å². The summed E-state index contributed by atoms with van der Waals surface area (Å²) in [6.45, 7) is 0.924. The average Bonchev–Trinajstić information content (AvgIpc) is 2.35. The normalized spacial score (nSPS) is 10.6. The Hall–Kier alpha value is -1.28. The van der Waals surface area contributed by atoms with Crippen molar-refractivity contribution in [3.63, 3.8) is 0 Å². The molecular weight excluding hydrogens is 220 g/mol. The molecule has 1 aromatic heterocycles. The maximum atomic E-state index is 5.63. The van der Waals surface area contributed by atoms with Crippen molar-refractivity contribution in [1.82, 2.24) is 4.98 Å². The van der Waals surface area contributed by atoms with Gasteiger partial charge in [-0.15, -0.1) is 11.6 Å². The van der Waals surface area contributed by atoms with Gasteiger partial charge in [0, 0.05) is 24.0 Å². The van der Waals surface area contributed by atoms with Gasteiger partial charge in [0.25, 0.3) is 0 Å². The molecule has 1 aromatic carbocycles. The van der Waals surface area contributed by atoms with E-state index in [1.807, 2.05) is 24.4 Å². The van der Waals surface area contributed by atoms with Crippen molar-refractivity contribution in [1.29, 1.82) is 0 Å². The summed E-state index contributed by atoms with van der Waals surface area (Å²) in [5, 5.41) is 5.75. The van der Waals surface area contributed by atoms with Crippen LogP contribution in [0, 0.1) is 0 Å². The predicted octanol–water partition coefficient (Wildman–Crippen LogP) is 3.67. The third kappa shape index (κ3) is 2.64. The highest BCUT2D eigenvalue weighted by Crippen LogP contribution is 2.20. The van der Waals surface area contributed by atoms with Gasteiger partial charge < -0.3 is 5.32 Å². The molecular formula is C13H15ClN2. The number of hydrogen-bond donors (Lipinski definition) is 1. The van der Waals surface area contributed by atoms with Crippen LogP contribution in [0.4, 0.5) is 5.82 Å². The first-order valence-electron chi connectivity index (χ1n) is 5.55. The predicted molar refractivity (Wildman–Crippen MR) is 70.2 cm³/mol. The van der Waals surface area contributed by atoms with E-state index in [1.165, 1.54) is 10.8 Å². The standard InChI is InChI=1S/C13H15ClN2/c14-8-3-4-9-15-13-12-6-2-1-5-11(12)7-10-16-13/h1-2,5-7,10H,3-4,8-9H2,(H,15,16). The van der Waals surface area contributed by atoms with Crippen LogP contribution in [0.1, 0.15) is 12.8 Å². The maximum Gasteiger partial charge on any atom is 0.133 e. The molecule has 1 heterocycles. The quantitative estimate of drug-likeness (QED) is 0.631. The Balaban J connectivity index is 2.11. The fourth-order valence-corrected chi connectivity index (χ4v) is 1.88. The lowest BCUT2D eigenvalue weighted by Gasteiger charge is -2.07. The zero-order chi connectivity index (χ0) is 11.2. The van der Waals surface area contributed by atoms with Crippen molar-refractivity contribution >= 4 is 28.2 Å². The molecule has 16 heavy (non-hydrogen) atoms. The summed E-state index contributed by atoms with van der Waals surface area (Å²) in [4.78, 5) is 4.36. The molecule has 2 rings (SSSR count). The second-order valence-electron chi connectivity index (χ2n) is 3.70. The third-order valence-corrected chi connectivity index (χ3v) is 2.79. The van der Waals surface area contributed by atoms with E-state index >= 15 is 0 Å². The van der Waals surface area contributed by atoms with E-state index in [4.69, 9.17) is 11.6 Å². The molecule has 2 nitrogen and oxygen atoms in total. The number of pyridine rings is 1. The van der Waals surface area contributed by atoms with E-state index in [9.17, 15) is 0 Å². The molecule has 0 fully saturated rings. The van der Waals surface area contributed by atoms with Crippen LogP contribution in [0.15, 0.2) is 36.5 Å². The van der Waals surface area contributed by atoms with Gasteiger partial charge in [-0.3, -0.25) is 0 Å². The molecule has 0 aliphatic heterocycles. The number of rotatable bonds is 5. The van der Waals surface area contributed by atoms with Crippen molar-refractivity contribution in [3.8, 4) is 0 Å². The molecule has 3 heteroatoms. The number of halogens is 1. The van der Waals surface area contributed by atoms with Crippen LogP contribution in [0.2, 0.25) is 0 Å². The monoisotopic (exact) mass is 234 g/mol. The molecule has 0 radical (unpaired) electrons. The lowest BCUT2D eigenvalue weighted by molar-refractivity contribution is 0.837. The molecule has 0 unspecified atom stereocenters. The number of hydrogen-bond acceptors (Lipinski definition) is 2. The van der Waals surface area contributed by atoms with Crippen LogP contribution in [0.3, 0.4) is 0 Å². The molecule has 0 saturated carbocycles. The summed E-state index contributed by atoms with van der Waals surface area (Å²) >= 11 is 5.63. The molecule has 84 valence electrons. The van der Waals surface area contributed by atoms with Crippen molar-refractivity contribution in [2.45, 2.75) is 12.8 Å². The molecule has 0 saturated heterocycles. The largest absolute Gasteiger partial charge is 0.370 e. The highest BCUT2D eigenvalue weighted by atomic mass is 35.5. The first kappa shape index (κ1) is 11.2. The maximum absolute atomic E-state index is 5.63. The zero-order valence-corrected chi connectivity index (χ0v) is 9.87. The van der Waals surface area contributed by atoms with Gasteiger partial charge in [-0.2, -0.15) is 0 Å². The van der Waals surface area contributed by atoms with E-state index in [1.54, 1.807) is 0 Å². The Bertz CT molecular complexity index is 451. The van der Waals surface area contributed by atoms with Gasteiger partial charge in [0.05, 0.1) is 0 Å². The van der Waals surface area contributed by atoms with Crippen LogP contribution in [-0.2, 0) is 0 Å². The number of aromatic nitrogens is 1. The number of benzene rings is 1. The van der Waals surface area contributed by atoms with E-state index in [0.717, 1.165) is 31.1 Å². The molecule has 0 bridgehead atoms.